The van der Waals surface area contributed by atoms with E-state index in [4.69, 9.17) is 16.7 Å². The first-order valence-electron chi connectivity index (χ1n) is 5.48. The lowest BCUT2D eigenvalue weighted by atomic mass is 10.1. The van der Waals surface area contributed by atoms with Gasteiger partial charge < -0.3 is 5.11 Å². The van der Waals surface area contributed by atoms with E-state index >= 15 is 0 Å². The van der Waals surface area contributed by atoms with Gasteiger partial charge in [0.2, 0.25) is 0 Å². The molecule has 19 heavy (non-hydrogen) atoms. The summed E-state index contributed by atoms with van der Waals surface area (Å²) in [6, 6.07) is 0.168. The molecule has 0 bridgehead atoms. The van der Waals surface area contributed by atoms with Crippen LogP contribution in [0.3, 0.4) is 0 Å². The van der Waals surface area contributed by atoms with Crippen molar-refractivity contribution < 1.29 is 18.3 Å². The highest BCUT2D eigenvalue weighted by Gasteiger charge is 2.26. The van der Waals surface area contributed by atoms with E-state index < -0.39 is 22.0 Å². The van der Waals surface area contributed by atoms with E-state index in [1.54, 1.807) is 0 Å². The number of hydrogen-bond acceptors (Lipinski definition) is 4. The molecule has 0 radical (unpaired) electrons. The number of thiophene rings is 1. The lowest BCUT2D eigenvalue weighted by Crippen LogP contribution is -2.40. The predicted octanol–water partition coefficient (Wildman–Crippen LogP) is 3.09. The second kappa shape index (κ2) is 7.03. The highest BCUT2D eigenvalue weighted by Crippen LogP contribution is 2.34. The third-order valence-corrected chi connectivity index (χ3v) is 6.75. The Kier molecular flexibility index (Phi) is 6.25. The number of aliphatic carboxylic acids is 1. The molecule has 0 aliphatic rings. The fourth-order valence-corrected chi connectivity index (χ4v) is 4.98. The van der Waals surface area contributed by atoms with Crippen LogP contribution in [0, 0.1) is 0 Å². The standard InChI is InChI=1S/C10H13BrClNO4S2/c1-2-3-4-7(10(14)15)13-19(16,17)8-5-6(12)9(11)18-8/h5,7,13H,2-4H2,1H3,(H,14,15)/t7-/m0/s1. The molecule has 0 unspecified atom stereocenters. The van der Waals surface area contributed by atoms with Gasteiger partial charge >= 0.3 is 5.97 Å². The largest absolute Gasteiger partial charge is 0.480 e. The molecule has 9 heteroatoms. The molecule has 1 aromatic heterocycles. The number of unbranched alkanes of at least 4 members (excludes halogenated alkanes) is 1. The van der Waals surface area contributed by atoms with E-state index in [1.807, 2.05) is 6.92 Å². The Bertz CT molecular complexity index is 538. The molecule has 1 aromatic rings. The normalized spacial score (nSPS) is 13.4. The minimum absolute atomic E-state index is 0.00729. The minimum Gasteiger partial charge on any atom is -0.480 e. The smallest absolute Gasteiger partial charge is 0.321 e. The first kappa shape index (κ1) is 16.9. The van der Waals surface area contributed by atoms with E-state index in [1.165, 1.54) is 6.07 Å². The number of carboxylic acid groups (broad SMARTS) is 1. The van der Waals surface area contributed by atoms with E-state index in [9.17, 15) is 13.2 Å². The molecular weight excluding hydrogens is 378 g/mol. The Labute approximate surface area is 129 Å². The molecule has 108 valence electrons. The Balaban J connectivity index is 2.90. The van der Waals surface area contributed by atoms with Gasteiger partial charge in [0, 0.05) is 0 Å². The van der Waals surface area contributed by atoms with Crippen LogP contribution >= 0.6 is 38.9 Å². The fourth-order valence-electron chi connectivity index (χ4n) is 1.35. The SMILES string of the molecule is CCCC[C@H](NS(=O)(=O)c1cc(Cl)c(Br)s1)C(=O)O. The van der Waals surface area contributed by atoms with Crippen molar-refractivity contribution in [3.8, 4) is 0 Å². The van der Waals surface area contributed by atoms with Crippen molar-refractivity contribution in [1.29, 1.82) is 0 Å². The lowest BCUT2D eigenvalue weighted by molar-refractivity contribution is -0.139. The Morgan fingerprint density at radius 3 is 2.68 bits per heavy atom. The van der Waals surface area contributed by atoms with Gasteiger partial charge in [0.05, 0.1) is 8.81 Å². The zero-order valence-corrected chi connectivity index (χ0v) is 14.0. The Morgan fingerprint density at radius 1 is 1.63 bits per heavy atom. The average Bonchev–Trinajstić information content (AvgIpc) is 2.65. The number of halogens is 2. The number of rotatable bonds is 7. The molecule has 0 spiro atoms. The zero-order chi connectivity index (χ0) is 14.6. The molecule has 0 saturated heterocycles. The third-order valence-electron chi connectivity index (χ3n) is 2.33. The molecular formula is C10H13BrClNO4S2. The van der Waals surface area contributed by atoms with Gasteiger partial charge in [0.1, 0.15) is 10.3 Å². The highest BCUT2D eigenvalue weighted by atomic mass is 79.9. The third kappa shape index (κ3) is 4.71. The summed E-state index contributed by atoms with van der Waals surface area (Å²) in [5.41, 5.74) is 0. The molecule has 0 aliphatic heterocycles. The van der Waals surface area contributed by atoms with Crippen LogP contribution in [0.15, 0.2) is 14.1 Å². The van der Waals surface area contributed by atoms with Crippen LogP contribution in [-0.4, -0.2) is 25.5 Å². The summed E-state index contributed by atoms with van der Waals surface area (Å²) in [6.45, 7) is 1.91. The van der Waals surface area contributed by atoms with Crippen molar-refractivity contribution in [2.45, 2.75) is 36.4 Å². The second-order valence-electron chi connectivity index (χ2n) is 3.84. The van der Waals surface area contributed by atoms with Crippen molar-refractivity contribution >= 4 is 54.9 Å². The topological polar surface area (TPSA) is 83.5 Å². The van der Waals surface area contributed by atoms with Crippen molar-refractivity contribution in [2.75, 3.05) is 0 Å². The summed E-state index contributed by atoms with van der Waals surface area (Å²) < 4.78 is 26.7. The number of carbonyl (C=O) groups is 1. The van der Waals surface area contributed by atoms with Gasteiger partial charge in [-0.25, -0.2) is 8.42 Å². The summed E-state index contributed by atoms with van der Waals surface area (Å²) in [6.07, 6.45) is 1.68. The first-order valence-corrected chi connectivity index (χ1v) is 8.95. The van der Waals surface area contributed by atoms with Gasteiger partial charge in [-0.15, -0.1) is 11.3 Å². The van der Waals surface area contributed by atoms with Gasteiger partial charge in [-0.05, 0) is 28.4 Å². The van der Waals surface area contributed by atoms with Gasteiger partial charge in [0.15, 0.2) is 0 Å². The van der Waals surface area contributed by atoms with E-state index in [0.29, 0.717) is 10.2 Å². The lowest BCUT2D eigenvalue weighted by Gasteiger charge is -2.13. The zero-order valence-electron chi connectivity index (χ0n) is 10.0. The quantitative estimate of drug-likeness (QED) is 0.749. The van der Waals surface area contributed by atoms with Crippen molar-refractivity contribution in [3.63, 3.8) is 0 Å². The number of carboxylic acids is 1. The minimum atomic E-state index is -3.86. The van der Waals surface area contributed by atoms with Crippen LogP contribution in [0.25, 0.3) is 0 Å². The molecule has 2 N–H and O–H groups in total. The van der Waals surface area contributed by atoms with Gasteiger partial charge in [-0.3, -0.25) is 4.79 Å². The molecule has 0 amide bonds. The van der Waals surface area contributed by atoms with Crippen molar-refractivity contribution in [3.05, 3.63) is 14.9 Å². The summed E-state index contributed by atoms with van der Waals surface area (Å²) in [5.74, 6) is -1.18. The molecule has 1 rings (SSSR count). The Hall–Kier alpha value is -0.150. The van der Waals surface area contributed by atoms with E-state index in [0.717, 1.165) is 17.8 Å². The monoisotopic (exact) mass is 389 g/mol. The van der Waals surface area contributed by atoms with Crippen LogP contribution in [0.4, 0.5) is 0 Å². The molecule has 0 fully saturated rings. The van der Waals surface area contributed by atoms with Gasteiger partial charge in [0.25, 0.3) is 10.0 Å². The van der Waals surface area contributed by atoms with E-state index in [2.05, 4.69) is 20.7 Å². The molecule has 0 aromatic carbocycles. The average molecular weight is 391 g/mol. The summed E-state index contributed by atoms with van der Waals surface area (Å²) in [5, 5.41) is 9.29. The molecule has 0 aliphatic carbocycles. The maximum absolute atomic E-state index is 12.0. The van der Waals surface area contributed by atoms with Crippen LogP contribution in [0.2, 0.25) is 5.02 Å². The highest BCUT2D eigenvalue weighted by molar-refractivity contribution is 9.11. The Morgan fingerprint density at radius 2 is 2.26 bits per heavy atom. The van der Waals surface area contributed by atoms with Crippen LogP contribution in [0.5, 0.6) is 0 Å². The predicted molar refractivity (Wildman–Crippen MR) is 78.3 cm³/mol. The molecule has 1 heterocycles. The van der Waals surface area contributed by atoms with Crippen molar-refractivity contribution in [1.82, 2.24) is 4.72 Å². The van der Waals surface area contributed by atoms with Crippen LogP contribution in [0.1, 0.15) is 26.2 Å². The first-order chi connectivity index (χ1) is 8.77. The maximum Gasteiger partial charge on any atom is 0.321 e. The van der Waals surface area contributed by atoms with Crippen LogP contribution in [-0.2, 0) is 14.8 Å². The van der Waals surface area contributed by atoms with Crippen LogP contribution < -0.4 is 4.72 Å². The number of hydrogen-bond donors (Lipinski definition) is 2. The van der Waals surface area contributed by atoms with Gasteiger partial charge in [-0.1, -0.05) is 31.4 Å². The summed E-state index contributed by atoms with van der Waals surface area (Å²) >= 11 is 9.84. The number of sulfonamides is 1. The molecule has 1 atom stereocenters. The molecule has 5 nitrogen and oxygen atoms in total. The number of nitrogens with one attached hydrogen (secondary N) is 1. The second-order valence-corrected chi connectivity index (χ2v) is 8.56. The summed E-state index contributed by atoms with van der Waals surface area (Å²) in [4.78, 5) is 11.0. The maximum atomic E-state index is 12.0. The molecule has 0 saturated carbocycles. The van der Waals surface area contributed by atoms with Crippen molar-refractivity contribution in [2.24, 2.45) is 0 Å². The van der Waals surface area contributed by atoms with Gasteiger partial charge in [-0.2, -0.15) is 4.72 Å². The van der Waals surface area contributed by atoms with E-state index in [-0.39, 0.29) is 15.7 Å². The summed E-state index contributed by atoms with van der Waals surface area (Å²) in [7, 11) is -3.86. The fraction of sp³-hybridized carbons (Fsp3) is 0.500.